The van der Waals surface area contributed by atoms with Crippen LogP contribution in [0.25, 0.3) is 0 Å². The quantitative estimate of drug-likeness (QED) is 0.640. The molecule has 5 rings (SSSR count). The number of hydrogen-bond acceptors (Lipinski definition) is 0. The molecule has 0 saturated carbocycles. The summed E-state index contributed by atoms with van der Waals surface area (Å²) in [5.41, 5.74) is 4.74. The molecule has 0 N–H and O–H groups in total. The fraction of sp³-hybridized carbons (Fsp3) is 0.222. The summed E-state index contributed by atoms with van der Waals surface area (Å²) in [6, 6.07) is 18.3. The van der Waals surface area contributed by atoms with Crippen LogP contribution in [0, 0.1) is 0 Å². The van der Waals surface area contributed by atoms with E-state index >= 15 is 0 Å². The van der Waals surface area contributed by atoms with Gasteiger partial charge in [-0.05, 0) is 35.3 Å². The molecule has 0 radical (unpaired) electrons. The van der Waals surface area contributed by atoms with Gasteiger partial charge in [0.25, 0.3) is 0 Å². The highest BCUT2D eigenvalue weighted by atomic mass is 28.3. The Balaban J connectivity index is 2.18. The summed E-state index contributed by atoms with van der Waals surface area (Å²) >= 11 is 0. The van der Waals surface area contributed by atoms with Crippen molar-refractivity contribution in [3.05, 3.63) is 70.4 Å². The van der Waals surface area contributed by atoms with Gasteiger partial charge in [0.05, 0.1) is 0 Å². The molecule has 2 aromatic carbocycles. The third-order valence-electron chi connectivity index (χ3n) is 5.40. The van der Waals surface area contributed by atoms with Crippen LogP contribution < -0.4 is 10.4 Å². The van der Waals surface area contributed by atoms with Gasteiger partial charge in [0.15, 0.2) is 0 Å². The minimum Gasteiger partial charge on any atom is -0.0748 e. The molecule has 3 aliphatic rings. The van der Waals surface area contributed by atoms with E-state index in [1.54, 1.807) is 32.3 Å². The summed E-state index contributed by atoms with van der Waals surface area (Å²) in [6.07, 6.45) is 0. The van der Waals surface area contributed by atoms with Crippen LogP contribution in [0.2, 0.25) is 6.55 Å². The topological polar surface area (TPSA) is 0 Å². The van der Waals surface area contributed by atoms with Crippen molar-refractivity contribution in [1.82, 2.24) is 0 Å². The zero-order chi connectivity index (χ0) is 13.2. The Morgan fingerprint density at radius 3 is 1.79 bits per heavy atom. The Hall–Kier alpha value is -1.60. The number of rotatable bonds is 0. The van der Waals surface area contributed by atoms with E-state index in [1.165, 1.54) is 0 Å². The van der Waals surface area contributed by atoms with Gasteiger partial charge in [-0.15, -0.1) is 0 Å². The molecule has 2 bridgehead atoms. The number of benzene rings is 2. The van der Waals surface area contributed by atoms with Gasteiger partial charge in [-0.1, -0.05) is 65.8 Å². The van der Waals surface area contributed by atoms with Gasteiger partial charge in [-0.2, -0.15) is 0 Å². The Morgan fingerprint density at radius 1 is 0.789 bits per heavy atom. The van der Waals surface area contributed by atoms with Gasteiger partial charge in [0.2, 0.25) is 0 Å². The first kappa shape index (κ1) is 11.2. The van der Waals surface area contributed by atoms with Gasteiger partial charge in [0.1, 0.15) is 8.07 Å². The van der Waals surface area contributed by atoms with Crippen molar-refractivity contribution in [2.45, 2.75) is 26.3 Å². The number of hydrogen-bond donors (Lipinski definition) is 0. The van der Waals surface area contributed by atoms with Crippen LogP contribution >= 0.6 is 0 Å². The average molecular weight is 262 g/mol. The average Bonchev–Trinajstić information content (AvgIpc) is 2.45. The van der Waals surface area contributed by atoms with E-state index in [9.17, 15) is 0 Å². The molecule has 0 saturated heterocycles. The summed E-state index contributed by atoms with van der Waals surface area (Å²) in [4.78, 5) is 0. The highest BCUT2D eigenvalue weighted by Crippen LogP contribution is 2.44. The molecule has 2 aromatic rings. The molecule has 0 amide bonds. The van der Waals surface area contributed by atoms with Crippen molar-refractivity contribution in [3.8, 4) is 0 Å². The molecular weight excluding hydrogens is 244 g/mol. The summed E-state index contributed by atoms with van der Waals surface area (Å²) < 4.78 is 0. The van der Waals surface area contributed by atoms with E-state index in [-0.39, 0.29) is 0 Å². The van der Waals surface area contributed by atoms with Crippen molar-refractivity contribution < 1.29 is 0 Å². The lowest BCUT2D eigenvalue weighted by Crippen LogP contribution is -2.65. The van der Waals surface area contributed by atoms with E-state index in [2.05, 4.69) is 68.9 Å². The van der Waals surface area contributed by atoms with Crippen LogP contribution in [0.4, 0.5) is 0 Å². The second-order valence-corrected chi connectivity index (χ2v) is 10.1. The molecule has 0 fully saturated rings. The third-order valence-corrected chi connectivity index (χ3v) is 10.4. The van der Waals surface area contributed by atoms with Crippen molar-refractivity contribution in [2.75, 3.05) is 0 Å². The SMILES string of the molecule is CC1=C(C)[Si]2(C)c3ccccc3C1c1ccccc12. The van der Waals surface area contributed by atoms with Crippen molar-refractivity contribution in [1.29, 1.82) is 0 Å². The van der Waals surface area contributed by atoms with Crippen LogP contribution in [-0.2, 0) is 0 Å². The monoisotopic (exact) mass is 262 g/mol. The van der Waals surface area contributed by atoms with Crippen molar-refractivity contribution in [3.63, 3.8) is 0 Å². The summed E-state index contributed by atoms with van der Waals surface area (Å²) in [5, 5.41) is 4.96. The second-order valence-electron chi connectivity index (χ2n) is 6.04. The lowest BCUT2D eigenvalue weighted by molar-refractivity contribution is 0.922. The highest BCUT2D eigenvalue weighted by molar-refractivity contribution is 7.07. The maximum absolute atomic E-state index is 2.53. The van der Waals surface area contributed by atoms with E-state index < -0.39 is 8.07 Å². The molecule has 0 aromatic heterocycles. The Kier molecular flexibility index (Phi) is 2.06. The predicted octanol–water partition coefficient (Wildman–Crippen LogP) is 3.21. The zero-order valence-corrected chi connectivity index (χ0v) is 12.7. The molecule has 0 atom stereocenters. The first-order valence-corrected chi connectivity index (χ1v) is 9.52. The summed E-state index contributed by atoms with van der Waals surface area (Å²) in [7, 11) is -1.67. The Labute approximate surface area is 115 Å². The third kappa shape index (κ3) is 1.15. The molecule has 0 nitrogen and oxygen atoms in total. The summed E-state index contributed by atoms with van der Waals surface area (Å²) in [6.45, 7) is 7.25. The smallest absolute Gasteiger partial charge is 0.0748 e. The van der Waals surface area contributed by atoms with Crippen molar-refractivity contribution in [2.24, 2.45) is 0 Å². The molecule has 0 aliphatic carbocycles. The first-order valence-electron chi connectivity index (χ1n) is 7.02. The fourth-order valence-electron chi connectivity index (χ4n) is 4.20. The lowest BCUT2D eigenvalue weighted by atomic mass is 9.84. The van der Waals surface area contributed by atoms with Crippen LogP contribution in [0.1, 0.15) is 30.9 Å². The molecule has 3 aliphatic heterocycles. The van der Waals surface area contributed by atoms with Crippen LogP contribution in [0.3, 0.4) is 0 Å². The van der Waals surface area contributed by atoms with Gasteiger partial charge in [-0.3, -0.25) is 0 Å². The molecular formula is C18H18Si. The largest absolute Gasteiger partial charge is 0.141 e. The summed E-state index contributed by atoms with van der Waals surface area (Å²) in [5.74, 6) is 0.502. The van der Waals surface area contributed by atoms with E-state index in [0.29, 0.717) is 5.92 Å². The molecule has 94 valence electrons. The molecule has 1 heteroatoms. The molecule has 19 heavy (non-hydrogen) atoms. The van der Waals surface area contributed by atoms with Gasteiger partial charge in [-0.25, -0.2) is 0 Å². The van der Waals surface area contributed by atoms with E-state index in [1.807, 2.05) is 0 Å². The predicted molar refractivity (Wildman–Crippen MR) is 84.0 cm³/mol. The Bertz CT molecular complexity index is 676. The van der Waals surface area contributed by atoms with Gasteiger partial charge in [0, 0.05) is 5.92 Å². The van der Waals surface area contributed by atoms with E-state index in [4.69, 9.17) is 0 Å². The maximum Gasteiger partial charge on any atom is 0.141 e. The standard InChI is InChI=1S/C18H18Si/c1-12-13(2)19(3)16-10-6-4-8-14(16)18(12)15-9-5-7-11-17(15)19/h4-11,18H,1-3H3. The van der Waals surface area contributed by atoms with Gasteiger partial charge < -0.3 is 0 Å². The highest BCUT2D eigenvalue weighted by Gasteiger charge is 2.48. The van der Waals surface area contributed by atoms with Crippen LogP contribution in [-0.4, -0.2) is 8.07 Å². The fourth-order valence-corrected chi connectivity index (χ4v) is 8.70. The normalized spacial score (nSPS) is 27.2. The second kappa shape index (κ2) is 3.49. The van der Waals surface area contributed by atoms with Gasteiger partial charge >= 0.3 is 0 Å². The minimum atomic E-state index is -1.67. The lowest BCUT2D eigenvalue weighted by Gasteiger charge is -2.47. The van der Waals surface area contributed by atoms with Crippen LogP contribution in [0.5, 0.6) is 0 Å². The molecule has 0 unspecified atom stereocenters. The Morgan fingerprint density at radius 2 is 1.26 bits per heavy atom. The number of allylic oxidation sites excluding steroid dienone is 2. The van der Waals surface area contributed by atoms with Crippen molar-refractivity contribution >= 4 is 18.4 Å². The van der Waals surface area contributed by atoms with Crippen LogP contribution in [0.15, 0.2) is 59.3 Å². The first-order chi connectivity index (χ1) is 9.15. The molecule has 0 spiro atoms. The molecule has 3 heterocycles. The minimum absolute atomic E-state index is 0.502. The van der Waals surface area contributed by atoms with E-state index in [0.717, 1.165) is 0 Å². The zero-order valence-electron chi connectivity index (χ0n) is 11.7. The maximum atomic E-state index is 2.53.